The van der Waals surface area contributed by atoms with Gasteiger partial charge in [-0.3, -0.25) is 0 Å². The lowest BCUT2D eigenvalue weighted by Gasteiger charge is -2.39. The second kappa shape index (κ2) is 6.27. The van der Waals surface area contributed by atoms with Crippen molar-refractivity contribution in [2.45, 2.75) is 58.0 Å². The number of phenolic OH excluding ortho intramolecular Hbond substituents is 1. The van der Waals surface area contributed by atoms with Crippen molar-refractivity contribution in [1.82, 2.24) is 5.32 Å². The number of phenols is 1. The molecule has 0 amide bonds. The number of rotatable bonds is 4. The number of benzene rings is 1. The third-order valence-electron chi connectivity index (χ3n) is 5.32. The van der Waals surface area contributed by atoms with E-state index in [1.807, 2.05) is 6.07 Å². The summed E-state index contributed by atoms with van der Waals surface area (Å²) in [5, 5.41) is 13.8. The van der Waals surface area contributed by atoms with Crippen LogP contribution in [0.1, 0.15) is 57.6 Å². The van der Waals surface area contributed by atoms with Crippen LogP contribution in [0.2, 0.25) is 0 Å². The summed E-state index contributed by atoms with van der Waals surface area (Å²) in [6, 6.07) is 7.17. The Labute approximate surface area is 128 Å². The van der Waals surface area contributed by atoms with Crippen LogP contribution in [-0.2, 0) is 0 Å². The maximum atomic E-state index is 10.4. The maximum absolute atomic E-state index is 10.4. The van der Waals surface area contributed by atoms with Crippen LogP contribution in [0.5, 0.6) is 5.75 Å². The molecule has 1 saturated carbocycles. The van der Waals surface area contributed by atoms with Crippen molar-refractivity contribution >= 4 is 5.69 Å². The van der Waals surface area contributed by atoms with E-state index in [1.165, 1.54) is 37.8 Å². The first kappa shape index (κ1) is 14.7. The largest absolute Gasteiger partial charge is 0.508 e. The molecule has 0 aromatic heterocycles. The normalized spacial score (nSPS) is 26.7. The van der Waals surface area contributed by atoms with Gasteiger partial charge in [0.1, 0.15) is 5.75 Å². The Balaban J connectivity index is 1.81. The van der Waals surface area contributed by atoms with Gasteiger partial charge < -0.3 is 15.3 Å². The van der Waals surface area contributed by atoms with Gasteiger partial charge in [-0.25, -0.2) is 0 Å². The molecule has 0 radical (unpaired) electrons. The summed E-state index contributed by atoms with van der Waals surface area (Å²) in [5.74, 6) is 1.31. The van der Waals surface area contributed by atoms with Crippen LogP contribution >= 0.6 is 0 Å². The van der Waals surface area contributed by atoms with Crippen LogP contribution in [0.15, 0.2) is 18.2 Å². The van der Waals surface area contributed by atoms with Crippen molar-refractivity contribution in [3.05, 3.63) is 23.8 Å². The Bertz CT molecular complexity index is 488. The lowest BCUT2D eigenvalue weighted by atomic mass is 9.91. The molecule has 3 heteroatoms. The molecule has 21 heavy (non-hydrogen) atoms. The first-order valence-corrected chi connectivity index (χ1v) is 8.53. The van der Waals surface area contributed by atoms with Gasteiger partial charge in [0.2, 0.25) is 0 Å². The summed E-state index contributed by atoms with van der Waals surface area (Å²) in [5.41, 5.74) is 2.21. The molecule has 3 atom stereocenters. The Morgan fingerprint density at radius 1 is 1.29 bits per heavy atom. The van der Waals surface area contributed by atoms with E-state index in [1.54, 1.807) is 0 Å². The molecular formula is C18H28N2O. The summed E-state index contributed by atoms with van der Waals surface area (Å²) < 4.78 is 0. The molecule has 3 rings (SSSR count). The standard InChI is InChI=1S/C18H28N2O/c1-3-19-13(2)16-10-9-15(12-18(16)21)20-11-5-7-14-6-4-8-17(14)20/h9-10,12-14,17,19,21H,3-8,11H2,1-2H3. The average molecular weight is 288 g/mol. The van der Waals surface area contributed by atoms with E-state index in [9.17, 15) is 5.11 Å². The molecule has 1 aromatic rings. The number of fused-ring (bicyclic) bond motifs is 1. The Hall–Kier alpha value is -1.22. The van der Waals surface area contributed by atoms with E-state index in [0.29, 0.717) is 11.8 Å². The molecule has 116 valence electrons. The minimum absolute atomic E-state index is 0.199. The predicted molar refractivity (Wildman–Crippen MR) is 87.9 cm³/mol. The van der Waals surface area contributed by atoms with Crippen molar-refractivity contribution in [3.63, 3.8) is 0 Å². The van der Waals surface area contributed by atoms with Gasteiger partial charge in [0.05, 0.1) is 0 Å². The molecule has 2 fully saturated rings. The van der Waals surface area contributed by atoms with E-state index in [2.05, 4.69) is 36.2 Å². The van der Waals surface area contributed by atoms with E-state index >= 15 is 0 Å². The van der Waals surface area contributed by atoms with Crippen molar-refractivity contribution in [2.24, 2.45) is 5.92 Å². The molecule has 0 spiro atoms. The van der Waals surface area contributed by atoms with Crippen molar-refractivity contribution < 1.29 is 5.11 Å². The van der Waals surface area contributed by atoms with Crippen LogP contribution in [0.4, 0.5) is 5.69 Å². The van der Waals surface area contributed by atoms with Gasteiger partial charge in [0, 0.05) is 35.9 Å². The monoisotopic (exact) mass is 288 g/mol. The topological polar surface area (TPSA) is 35.5 Å². The molecular weight excluding hydrogens is 260 g/mol. The molecule has 0 bridgehead atoms. The summed E-state index contributed by atoms with van der Waals surface area (Å²) in [4.78, 5) is 2.54. The number of aromatic hydroxyl groups is 1. The van der Waals surface area contributed by atoms with Crippen molar-refractivity contribution in [1.29, 1.82) is 0 Å². The van der Waals surface area contributed by atoms with Gasteiger partial charge in [0.15, 0.2) is 0 Å². The van der Waals surface area contributed by atoms with E-state index in [0.717, 1.165) is 24.6 Å². The summed E-state index contributed by atoms with van der Waals surface area (Å²) in [6.45, 7) is 6.25. The third-order valence-corrected chi connectivity index (χ3v) is 5.32. The van der Waals surface area contributed by atoms with Gasteiger partial charge in [-0.1, -0.05) is 19.4 Å². The molecule has 1 aliphatic carbocycles. The fourth-order valence-corrected chi connectivity index (χ4v) is 4.27. The highest BCUT2D eigenvalue weighted by atomic mass is 16.3. The molecule has 1 heterocycles. The SMILES string of the molecule is CCNC(C)c1ccc(N2CCCC3CCCC32)cc1O. The van der Waals surface area contributed by atoms with Crippen molar-refractivity contribution in [2.75, 3.05) is 18.0 Å². The number of hydrogen-bond acceptors (Lipinski definition) is 3. The number of nitrogens with zero attached hydrogens (tertiary/aromatic N) is 1. The number of hydrogen-bond donors (Lipinski definition) is 2. The third kappa shape index (κ3) is 2.89. The first-order valence-electron chi connectivity index (χ1n) is 8.53. The molecule has 2 aliphatic rings. The minimum atomic E-state index is 0.199. The van der Waals surface area contributed by atoms with Crippen LogP contribution in [0.3, 0.4) is 0 Å². The fraction of sp³-hybridized carbons (Fsp3) is 0.667. The summed E-state index contributed by atoms with van der Waals surface area (Å²) in [6.07, 6.45) is 6.76. The Kier molecular flexibility index (Phi) is 4.39. The highest BCUT2D eigenvalue weighted by molar-refractivity contribution is 5.55. The first-order chi connectivity index (χ1) is 10.2. The van der Waals surface area contributed by atoms with Crippen LogP contribution in [0, 0.1) is 5.92 Å². The van der Waals surface area contributed by atoms with Gasteiger partial charge in [-0.05, 0) is 51.1 Å². The van der Waals surface area contributed by atoms with Gasteiger partial charge in [-0.2, -0.15) is 0 Å². The molecule has 1 aromatic carbocycles. The van der Waals surface area contributed by atoms with Gasteiger partial charge in [-0.15, -0.1) is 0 Å². The fourth-order valence-electron chi connectivity index (χ4n) is 4.27. The average Bonchev–Trinajstić information content (AvgIpc) is 2.95. The molecule has 3 nitrogen and oxygen atoms in total. The number of piperidine rings is 1. The lowest BCUT2D eigenvalue weighted by molar-refractivity contribution is 0.362. The number of nitrogens with one attached hydrogen (secondary N) is 1. The van der Waals surface area contributed by atoms with E-state index in [-0.39, 0.29) is 6.04 Å². The van der Waals surface area contributed by atoms with Crippen LogP contribution < -0.4 is 10.2 Å². The zero-order chi connectivity index (χ0) is 14.8. The molecule has 3 unspecified atom stereocenters. The van der Waals surface area contributed by atoms with Gasteiger partial charge >= 0.3 is 0 Å². The van der Waals surface area contributed by atoms with Crippen molar-refractivity contribution in [3.8, 4) is 5.75 Å². The van der Waals surface area contributed by atoms with Gasteiger partial charge in [0.25, 0.3) is 0 Å². The molecule has 1 saturated heterocycles. The molecule has 1 aliphatic heterocycles. The Morgan fingerprint density at radius 3 is 2.86 bits per heavy atom. The highest BCUT2D eigenvalue weighted by Crippen LogP contribution is 2.40. The highest BCUT2D eigenvalue weighted by Gasteiger charge is 2.35. The number of anilines is 1. The van der Waals surface area contributed by atoms with Crippen LogP contribution in [-0.4, -0.2) is 24.2 Å². The van der Waals surface area contributed by atoms with E-state index < -0.39 is 0 Å². The second-order valence-electron chi connectivity index (χ2n) is 6.62. The predicted octanol–water partition coefficient (Wildman–Crippen LogP) is 3.83. The zero-order valence-electron chi connectivity index (χ0n) is 13.3. The summed E-state index contributed by atoms with van der Waals surface area (Å²) >= 11 is 0. The van der Waals surface area contributed by atoms with Crippen LogP contribution in [0.25, 0.3) is 0 Å². The smallest absolute Gasteiger partial charge is 0.122 e. The minimum Gasteiger partial charge on any atom is -0.508 e. The lowest BCUT2D eigenvalue weighted by Crippen LogP contribution is -2.42. The maximum Gasteiger partial charge on any atom is 0.122 e. The Morgan fingerprint density at radius 2 is 2.10 bits per heavy atom. The zero-order valence-corrected chi connectivity index (χ0v) is 13.3. The second-order valence-corrected chi connectivity index (χ2v) is 6.62. The molecule has 2 N–H and O–H groups in total. The quantitative estimate of drug-likeness (QED) is 0.884. The van der Waals surface area contributed by atoms with E-state index in [4.69, 9.17) is 0 Å². The summed E-state index contributed by atoms with van der Waals surface area (Å²) in [7, 11) is 0.